The van der Waals surface area contributed by atoms with Gasteiger partial charge in [-0.2, -0.15) is 4.98 Å². The Kier molecular flexibility index (Phi) is 5.50. The third kappa shape index (κ3) is 3.97. The molecule has 0 saturated heterocycles. The maximum atomic E-state index is 12.5. The fourth-order valence-corrected chi connectivity index (χ4v) is 3.27. The van der Waals surface area contributed by atoms with Crippen LogP contribution in [0.4, 0.5) is 4.79 Å². The van der Waals surface area contributed by atoms with Crippen LogP contribution in [0, 0.1) is 0 Å². The molecular formula is C19H25N7O2. The van der Waals surface area contributed by atoms with Gasteiger partial charge in [-0.1, -0.05) is 17.6 Å². The molecule has 0 aliphatic heterocycles. The Hall–Kier alpha value is -2.97. The zero-order valence-electron chi connectivity index (χ0n) is 16.0. The summed E-state index contributed by atoms with van der Waals surface area (Å²) < 4.78 is 7.30. The number of nitrogens with one attached hydrogen (secondary N) is 1. The smallest absolute Gasteiger partial charge is 0.317 e. The van der Waals surface area contributed by atoms with E-state index in [0.29, 0.717) is 37.3 Å². The minimum absolute atomic E-state index is 0.122. The number of carbonyl (C=O) groups is 1. The molecule has 3 aromatic heterocycles. The van der Waals surface area contributed by atoms with Gasteiger partial charge in [0.1, 0.15) is 5.82 Å². The quantitative estimate of drug-likeness (QED) is 0.600. The Morgan fingerprint density at radius 3 is 3.04 bits per heavy atom. The van der Waals surface area contributed by atoms with E-state index >= 15 is 0 Å². The van der Waals surface area contributed by atoms with Crippen molar-refractivity contribution in [3.8, 4) is 0 Å². The fourth-order valence-electron chi connectivity index (χ4n) is 3.27. The van der Waals surface area contributed by atoms with E-state index in [1.165, 1.54) is 6.42 Å². The SMILES string of the molecule is CCN(Cc1noc(C2CCC2)n1)C(=O)NCCCc1nnc2ccccn12. The van der Waals surface area contributed by atoms with Crippen molar-refractivity contribution in [2.75, 3.05) is 13.1 Å². The average Bonchev–Trinajstić information content (AvgIpc) is 3.29. The molecule has 0 atom stereocenters. The van der Waals surface area contributed by atoms with Crippen LogP contribution in [-0.4, -0.2) is 48.8 Å². The van der Waals surface area contributed by atoms with Crippen LogP contribution >= 0.6 is 0 Å². The number of aryl methyl sites for hydroxylation is 1. The maximum Gasteiger partial charge on any atom is 0.317 e. The van der Waals surface area contributed by atoms with Crippen molar-refractivity contribution >= 4 is 11.7 Å². The van der Waals surface area contributed by atoms with E-state index in [0.717, 1.165) is 37.2 Å². The second kappa shape index (κ2) is 8.37. The van der Waals surface area contributed by atoms with E-state index < -0.39 is 0 Å². The van der Waals surface area contributed by atoms with E-state index in [-0.39, 0.29) is 6.03 Å². The molecule has 0 bridgehead atoms. The van der Waals surface area contributed by atoms with Gasteiger partial charge in [0.05, 0.1) is 6.54 Å². The predicted molar refractivity (Wildman–Crippen MR) is 102 cm³/mol. The number of hydrogen-bond donors (Lipinski definition) is 1. The average molecular weight is 383 g/mol. The highest BCUT2D eigenvalue weighted by molar-refractivity contribution is 5.73. The van der Waals surface area contributed by atoms with Crippen molar-refractivity contribution in [1.82, 2.24) is 35.0 Å². The lowest BCUT2D eigenvalue weighted by atomic mass is 9.85. The molecule has 9 heteroatoms. The fraction of sp³-hybridized carbons (Fsp3) is 0.526. The van der Waals surface area contributed by atoms with E-state index in [1.54, 1.807) is 4.90 Å². The Morgan fingerprint density at radius 1 is 1.36 bits per heavy atom. The van der Waals surface area contributed by atoms with Crippen molar-refractivity contribution in [2.24, 2.45) is 0 Å². The van der Waals surface area contributed by atoms with Gasteiger partial charge in [0, 0.05) is 31.6 Å². The van der Waals surface area contributed by atoms with Gasteiger partial charge in [0.2, 0.25) is 5.89 Å². The highest BCUT2D eigenvalue weighted by atomic mass is 16.5. The summed E-state index contributed by atoms with van der Waals surface area (Å²) in [6.07, 6.45) is 6.92. The van der Waals surface area contributed by atoms with Crippen molar-refractivity contribution < 1.29 is 9.32 Å². The molecule has 1 N–H and O–H groups in total. The van der Waals surface area contributed by atoms with Crippen LogP contribution in [-0.2, 0) is 13.0 Å². The van der Waals surface area contributed by atoms with Crippen LogP contribution < -0.4 is 5.32 Å². The first-order valence-corrected chi connectivity index (χ1v) is 9.88. The summed E-state index contributed by atoms with van der Waals surface area (Å²) >= 11 is 0. The molecule has 3 aromatic rings. The number of hydrogen-bond acceptors (Lipinski definition) is 6. The lowest BCUT2D eigenvalue weighted by molar-refractivity contribution is 0.196. The molecule has 28 heavy (non-hydrogen) atoms. The minimum Gasteiger partial charge on any atom is -0.339 e. The number of pyridine rings is 1. The van der Waals surface area contributed by atoms with Crippen molar-refractivity contribution in [3.05, 3.63) is 41.9 Å². The molecule has 0 aromatic carbocycles. The van der Waals surface area contributed by atoms with Gasteiger partial charge >= 0.3 is 6.03 Å². The van der Waals surface area contributed by atoms with Gasteiger partial charge in [0.25, 0.3) is 0 Å². The molecule has 0 spiro atoms. The van der Waals surface area contributed by atoms with Crippen LogP contribution in [0.25, 0.3) is 5.65 Å². The van der Waals surface area contributed by atoms with Crippen molar-refractivity contribution in [1.29, 1.82) is 0 Å². The van der Waals surface area contributed by atoms with Gasteiger partial charge in [-0.25, -0.2) is 4.79 Å². The molecule has 3 heterocycles. The maximum absolute atomic E-state index is 12.5. The highest BCUT2D eigenvalue weighted by Crippen LogP contribution is 2.35. The molecule has 1 fully saturated rings. The minimum atomic E-state index is -0.122. The first-order valence-electron chi connectivity index (χ1n) is 9.88. The lowest BCUT2D eigenvalue weighted by Crippen LogP contribution is -2.40. The van der Waals surface area contributed by atoms with E-state index in [9.17, 15) is 4.79 Å². The summed E-state index contributed by atoms with van der Waals surface area (Å²) in [6, 6.07) is 5.69. The van der Waals surface area contributed by atoms with Gasteiger partial charge in [-0.05, 0) is 38.3 Å². The molecule has 148 valence electrons. The monoisotopic (exact) mass is 383 g/mol. The lowest BCUT2D eigenvalue weighted by Gasteiger charge is -2.21. The Balaban J connectivity index is 1.24. The number of carbonyl (C=O) groups excluding carboxylic acids is 1. The summed E-state index contributed by atoms with van der Waals surface area (Å²) in [4.78, 5) is 18.6. The van der Waals surface area contributed by atoms with Crippen molar-refractivity contribution in [2.45, 2.75) is 51.5 Å². The zero-order valence-corrected chi connectivity index (χ0v) is 16.0. The molecule has 0 unspecified atom stereocenters. The van der Waals surface area contributed by atoms with Gasteiger partial charge in [0.15, 0.2) is 11.5 Å². The molecule has 2 amide bonds. The third-order valence-corrected chi connectivity index (χ3v) is 5.18. The molecular weight excluding hydrogens is 358 g/mol. The van der Waals surface area contributed by atoms with E-state index in [2.05, 4.69) is 25.7 Å². The van der Waals surface area contributed by atoms with Gasteiger partial charge < -0.3 is 14.7 Å². The van der Waals surface area contributed by atoms with Crippen LogP contribution in [0.1, 0.15) is 56.1 Å². The predicted octanol–water partition coefficient (Wildman–Crippen LogP) is 2.54. The second-order valence-corrected chi connectivity index (χ2v) is 7.07. The first kappa shape index (κ1) is 18.4. The van der Waals surface area contributed by atoms with Crippen molar-refractivity contribution in [3.63, 3.8) is 0 Å². The number of aromatic nitrogens is 5. The zero-order chi connectivity index (χ0) is 19.3. The number of nitrogens with zero attached hydrogens (tertiary/aromatic N) is 6. The number of urea groups is 1. The topological polar surface area (TPSA) is 101 Å². The van der Waals surface area contributed by atoms with Crippen LogP contribution in [0.3, 0.4) is 0 Å². The Morgan fingerprint density at radius 2 is 2.25 bits per heavy atom. The number of amides is 2. The van der Waals surface area contributed by atoms with Crippen LogP contribution in [0.5, 0.6) is 0 Å². The Labute approximate surface area is 163 Å². The van der Waals surface area contributed by atoms with Gasteiger partial charge in [-0.3, -0.25) is 4.40 Å². The number of rotatable bonds is 8. The summed E-state index contributed by atoms with van der Waals surface area (Å²) in [5, 5.41) is 15.3. The largest absolute Gasteiger partial charge is 0.339 e. The van der Waals surface area contributed by atoms with Gasteiger partial charge in [-0.15, -0.1) is 10.2 Å². The molecule has 1 saturated carbocycles. The highest BCUT2D eigenvalue weighted by Gasteiger charge is 2.26. The third-order valence-electron chi connectivity index (χ3n) is 5.18. The molecule has 4 rings (SSSR count). The molecule has 0 radical (unpaired) electrons. The molecule has 1 aliphatic carbocycles. The summed E-state index contributed by atoms with van der Waals surface area (Å²) in [5.74, 6) is 2.57. The second-order valence-electron chi connectivity index (χ2n) is 7.07. The summed E-state index contributed by atoms with van der Waals surface area (Å²) in [7, 11) is 0. The standard InChI is InChI=1S/C19H25N7O2/c1-2-25(13-15-21-18(28-24-15)14-7-5-8-14)19(27)20-11-6-10-17-23-22-16-9-3-4-12-26(16)17/h3-4,9,12,14H,2,5-8,10-11,13H2,1H3,(H,20,27). The summed E-state index contributed by atoms with van der Waals surface area (Å²) in [6.45, 7) is 3.44. The van der Waals surface area contributed by atoms with E-state index in [4.69, 9.17) is 4.52 Å². The van der Waals surface area contributed by atoms with Crippen LogP contribution in [0.2, 0.25) is 0 Å². The van der Waals surface area contributed by atoms with E-state index in [1.807, 2.05) is 35.7 Å². The Bertz CT molecular complexity index is 931. The normalized spacial score (nSPS) is 14.2. The molecule has 1 aliphatic rings. The molecule has 9 nitrogen and oxygen atoms in total. The number of fused-ring (bicyclic) bond motifs is 1. The van der Waals surface area contributed by atoms with Crippen LogP contribution in [0.15, 0.2) is 28.9 Å². The summed E-state index contributed by atoms with van der Waals surface area (Å²) in [5.41, 5.74) is 0.833. The first-order chi connectivity index (χ1) is 13.7.